The van der Waals surface area contributed by atoms with E-state index in [0.29, 0.717) is 11.4 Å². The third kappa shape index (κ3) is 5.11. The number of hydrogen-bond donors (Lipinski definition) is 1. The number of thioether (sulfide) groups is 1. The average molecular weight is 270 g/mol. The van der Waals surface area contributed by atoms with E-state index in [1.54, 1.807) is 6.07 Å². The molecule has 1 aromatic rings. The standard InChI is InChI=1S/C11H14N2O2S2/c1-17(14,15)7-6-16-10-2-3-11(13)9(8-10)4-5-12/h2-3,8H,4,6-7,13H2,1H3. The van der Waals surface area contributed by atoms with E-state index in [2.05, 4.69) is 0 Å². The predicted octanol–water partition coefficient (Wildman–Crippen LogP) is 1.47. The van der Waals surface area contributed by atoms with Gasteiger partial charge in [-0.3, -0.25) is 0 Å². The zero-order valence-corrected chi connectivity index (χ0v) is 11.1. The van der Waals surface area contributed by atoms with Crippen LogP contribution in [0.5, 0.6) is 0 Å². The van der Waals surface area contributed by atoms with Gasteiger partial charge in [-0.2, -0.15) is 5.26 Å². The van der Waals surface area contributed by atoms with Gasteiger partial charge in [-0.25, -0.2) is 8.42 Å². The Bertz CT molecular complexity index is 533. The molecule has 1 aromatic carbocycles. The highest BCUT2D eigenvalue weighted by atomic mass is 32.2. The Balaban J connectivity index is 2.67. The molecular weight excluding hydrogens is 256 g/mol. The Kier molecular flexibility index (Phi) is 4.85. The monoisotopic (exact) mass is 270 g/mol. The van der Waals surface area contributed by atoms with Crippen LogP contribution < -0.4 is 5.73 Å². The van der Waals surface area contributed by atoms with E-state index in [1.165, 1.54) is 18.0 Å². The molecule has 0 unspecified atom stereocenters. The summed E-state index contributed by atoms with van der Waals surface area (Å²) < 4.78 is 21.9. The average Bonchev–Trinajstić information content (AvgIpc) is 2.21. The van der Waals surface area contributed by atoms with Crippen molar-refractivity contribution in [2.45, 2.75) is 11.3 Å². The Morgan fingerprint density at radius 2 is 2.18 bits per heavy atom. The van der Waals surface area contributed by atoms with Gasteiger partial charge in [-0.1, -0.05) is 0 Å². The molecule has 0 saturated heterocycles. The number of nitrogen functional groups attached to an aromatic ring is 1. The van der Waals surface area contributed by atoms with E-state index in [9.17, 15) is 8.42 Å². The Morgan fingerprint density at radius 1 is 1.47 bits per heavy atom. The van der Waals surface area contributed by atoms with Crippen LogP contribution >= 0.6 is 11.8 Å². The summed E-state index contributed by atoms with van der Waals surface area (Å²) in [4.78, 5) is 0.938. The van der Waals surface area contributed by atoms with Crippen LogP contribution in [0.4, 0.5) is 5.69 Å². The van der Waals surface area contributed by atoms with Crippen molar-refractivity contribution in [1.29, 1.82) is 5.26 Å². The molecule has 0 aliphatic rings. The van der Waals surface area contributed by atoms with Crippen molar-refractivity contribution in [2.24, 2.45) is 0 Å². The van der Waals surface area contributed by atoms with Crippen molar-refractivity contribution in [1.82, 2.24) is 0 Å². The summed E-state index contributed by atoms with van der Waals surface area (Å²) in [6.45, 7) is 0. The maximum absolute atomic E-state index is 11.0. The molecule has 1 rings (SSSR count). The molecular formula is C11H14N2O2S2. The van der Waals surface area contributed by atoms with Crippen molar-refractivity contribution < 1.29 is 8.42 Å². The van der Waals surface area contributed by atoms with Gasteiger partial charge in [0.05, 0.1) is 18.2 Å². The van der Waals surface area contributed by atoms with Gasteiger partial charge in [0.1, 0.15) is 9.84 Å². The van der Waals surface area contributed by atoms with Crippen molar-refractivity contribution >= 4 is 27.3 Å². The molecule has 0 radical (unpaired) electrons. The number of rotatable bonds is 5. The number of nitriles is 1. The minimum Gasteiger partial charge on any atom is -0.398 e. The summed E-state index contributed by atoms with van der Waals surface area (Å²) in [6, 6.07) is 7.47. The summed E-state index contributed by atoms with van der Waals surface area (Å²) in [5.41, 5.74) is 7.10. The van der Waals surface area contributed by atoms with E-state index in [4.69, 9.17) is 11.0 Å². The van der Waals surface area contributed by atoms with Crippen molar-refractivity contribution in [3.8, 4) is 6.07 Å². The van der Waals surface area contributed by atoms with Gasteiger partial charge >= 0.3 is 0 Å². The maximum atomic E-state index is 11.0. The minimum atomic E-state index is -2.92. The van der Waals surface area contributed by atoms with E-state index in [1.807, 2.05) is 18.2 Å². The second-order valence-electron chi connectivity index (χ2n) is 3.67. The van der Waals surface area contributed by atoms with Gasteiger partial charge in [0, 0.05) is 22.6 Å². The third-order valence-corrected chi connectivity index (χ3v) is 4.31. The smallest absolute Gasteiger partial charge is 0.148 e. The number of nitrogens with zero attached hydrogens (tertiary/aromatic N) is 1. The number of hydrogen-bond acceptors (Lipinski definition) is 5. The molecule has 17 heavy (non-hydrogen) atoms. The quantitative estimate of drug-likeness (QED) is 0.647. The maximum Gasteiger partial charge on any atom is 0.148 e. The van der Waals surface area contributed by atoms with Crippen LogP contribution in [0.3, 0.4) is 0 Å². The Morgan fingerprint density at radius 3 is 2.76 bits per heavy atom. The molecule has 92 valence electrons. The number of anilines is 1. The summed E-state index contributed by atoms with van der Waals surface area (Å²) in [7, 11) is -2.92. The lowest BCUT2D eigenvalue weighted by atomic mass is 10.1. The summed E-state index contributed by atoms with van der Waals surface area (Å²) in [6.07, 6.45) is 1.49. The van der Waals surface area contributed by atoms with Gasteiger partial charge in [0.2, 0.25) is 0 Å². The molecule has 0 heterocycles. The fourth-order valence-corrected chi connectivity index (χ4v) is 3.39. The zero-order valence-electron chi connectivity index (χ0n) is 9.51. The second kappa shape index (κ2) is 5.94. The fraction of sp³-hybridized carbons (Fsp3) is 0.364. The highest BCUT2D eigenvalue weighted by Gasteiger charge is 2.04. The molecule has 0 bridgehead atoms. The molecule has 0 fully saturated rings. The number of sulfone groups is 1. The van der Waals surface area contributed by atoms with Crippen LogP contribution in [0, 0.1) is 11.3 Å². The lowest BCUT2D eigenvalue weighted by Gasteiger charge is -2.05. The first-order valence-electron chi connectivity index (χ1n) is 4.98. The molecule has 6 heteroatoms. The second-order valence-corrected chi connectivity index (χ2v) is 7.10. The molecule has 2 N–H and O–H groups in total. The van der Waals surface area contributed by atoms with Gasteiger partial charge in [0.15, 0.2) is 0 Å². The molecule has 0 saturated carbocycles. The van der Waals surface area contributed by atoms with Crippen molar-refractivity contribution in [3.63, 3.8) is 0 Å². The van der Waals surface area contributed by atoms with Crippen molar-refractivity contribution in [3.05, 3.63) is 23.8 Å². The van der Waals surface area contributed by atoms with E-state index >= 15 is 0 Å². The van der Waals surface area contributed by atoms with Crippen LogP contribution in [-0.2, 0) is 16.3 Å². The molecule has 0 aromatic heterocycles. The number of nitrogens with two attached hydrogens (primary N) is 1. The van der Waals surface area contributed by atoms with Crippen molar-refractivity contribution in [2.75, 3.05) is 23.5 Å². The molecule has 0 atom stereocenters. The van der Waals surface area contributed by atoms with Crippen LogP contribution in [0.25, 0.3) is 0 Å². The molecule has 0 aliphatic heterocycles. The predicted molar refractivity (Wildman–Crippen MR) is 70.6 cm³/mol. The highest BCUT2D eigenvalue weighted by molar-refractivity contribution is 8.00. The molecule has 4 nitrogen and oxygen atoms in total. The van der Waals surface area contributed by atoms with Gasteiger partial charge in [0.25, 0.3) is 0 Å². The topological polar surface area (TPSA) is 83.9 Å². The van der Waals surface area contributed by atoms with Crippen LogP contribution in [0.2, 0.25) is 0 Å². The fourth-order valence-electron chi connectivity index (χ4n) is 1.22. The third-order valence-electron chi connectivity index (χ3n) is 2.11. The lowest BCUT2D eigenvalue weighted by molar-refractivity contribution is 0.603. The Labute approximate surface area is 106 Å². The summed E-state index contributed by atoms with van der Waals surface area (Å²) in [5.74, 6) is 0.657. The molecule has 0 aliphatic carbocycles. The van der Waals surface area contributed by atoms with Gasteiger partial charge in [-0.15, -0.1) is 11.8 Å². The first kappa shape index (κ1) is 13.9. The normalized spacial score (nSPS) is 11.1. The van der Waals surface area contributed by atoms with Crippen LogP contribution in [0.1, 0.15) is 5.56 Å². The zero-order chi connectivity index (χ0) is 12.9. The largest absolute Gasteiger partial charge is 0.398 e. The van der Waals surface area contributed by atoms with E-state index < -0.39 is 9.84 Å². The van der Waals surface area contributed by atoms with Crippen LogP contribution in [0.15, 0.2) is 23.1 Å². The summed E-state index contributed by atoms with van der Waals surface area (Å²) in [5, 5.41) is 8.63. The SMILES string of the molecule is CS(=O)(=O)CCSc1ccc(N)c(CC#N)c1. The first-order valence-corrected chi connectivity index (χ1v) is 8.03. The van der Waals surface area contributed by atoms with Gasteiger partial charge in [-0.05, 0) is 23.8 Å². The van der Waals surface area contributed by atoms with E-state index in [0.717, 1.165) is 10.5 Å². The minimum absolute atomic E-state index is 0.148. The molecule has 0 spiro atoms. The van der Waals surface area contributed by atoms with Crippen LogP contribution in [-0.4, -0.2) is 26.2 Å². The lowest BCUT2D eigenvalue weighted by Crippen LogP contribution is -2.05. The highest BCUT2D eigenvalue weighted by Crippen LogP contribution is 2.23. The summed E-state index contributed by atoms with van der Waals surface area (Å²) >= 11 is 1.45. The first-order chi connectivity index (χ1) is 7.92. The van der Waals surface area contributed by atoms with Gasteiger partial charge < -0.3 is 5.73 Å². The van der Waals surface area contributed by atoms with E-state index in [-0.39, 0.29) is 12.2 Å². The molecule has 0 amide bonds. The Hall–Kier alpha value is -1.19. The number of benzene rings is 1.